The van der Waals surface area contributed by atoms with Crippen LogP contribution >= 0.6 is 0 Å². The van der Waals surface area contributed by atoms with Gasteiger partial charge in [0.25, 0.3) is 0 Å². The molecule has 0 fully saturated rings. The van der Waals surface area contributed by atoms with Gasteiger partial charge in [-0.1, -0.05) is 0 Å². The van der Waals surface area contributed by atoms with Crippen molar-refractivity contribution < 1.29 is 37.0 Å². The Morgan fingerprint density at radius 1 is 1.14 bits per heavy atom. The molecule has 0 rings (SSSR count). The molecular formula is H3NaO4SZn. The quantitative estimate of drug-likeness (QED) is 0.365. The maximum atomic E-state index is 8.74. The Labute approximate surface area is 76.3 Å². The van der Waals surface area contributed by atoms with Crippen LogP contribution in [0.15, 0.2) is 0 Å². The average molecular weight is 187 g/mol. The molecule has 0 aromatic carbocycles. The molecule has 7 heavy (non-hydrogen) atoms. The second kappa shape index (κ2) is 5.63. The Morgan fingerprint density at radius 2 is 1.14 bits per heavy atom. The second-order valence-electron chi connectivity index (χ2n) is 0.448. The van der Waals surface area contributed by atoms with Crippen molar-refractivity contribution >= 4 is 40.0 Å². The zero-order valence-electron chi connectivity index (χ0n) is 2.83. The van der Waals surface area contributed by atoms with E-state index in [1.807, 2.05) is 0 Å². The molecule has 4 nitrogen and oxygen atoms in total. The van der Waals surface area contributed by atoms with Crippen LogP contribution in [0.2, 0.25) is 0 Å². The molecule has 0 aromatic heterocycles. The summed E-state index contributed by atoms with van der Waals surface area (Å²) in [4.78, 5) is 0. The summed E-state index contributed by atoms with van der Waals surface area (Å²) in [5.41, 5.74) is 0. The Hall–Kier alpha value is 1.49. The van der Waals surface area contributed by atoms with E-state index < -0.39 is 10.4 Å². The SMILES string of the molecule is O=S(=O)(O)O.[NaH].[Zn]. The van der Waals surface area contributed by atoms with Crippen molar-refractivity contribution in [3.8, 4) is 0 Å². The molecule has 0 spiro atoms. The predicted octanol–water partition coefficient (Wildman–Crippen LogP) is -1.30. The fourth-order valence-electron chi connectivity index (χ4n) is 0. The molecule has 0 atom stereocenters. The van der Waals surface area contributed by atoms with Crippen LogP contribution in [0.25, 0.3) is 0 Å². The zero-order valence-corrected chi connectivity index (χ0v) is 6.61. The Morgan fingerprint density at radius 3 is 1.14 bits per heavy atom. The van der Waals surface area contributed by atoms with Crippen molar-refractivity contribution in [3.63, 3.8) is 0 Å². The van der Waals surface area contributed by atoms with Gasteiger partial charge in [0.05, 0.1) is 0 Å². The fraction of sp³-hybridized carbons (Fsp3) is 0. The number of hydrogen-bond acceptors (Lipinski definition) is 2. The molecule has 0 saturated carbocycles. The van der Waals surface area contributed by atoms with E-state index in [1.165, 1.54) is 0 Å². The summed E-state index contributed by atoms with van der Waals surface area (Å²) in [5, 5.41) is 0. The molecule has 0 aliphatic rings. The monoisotopic (exact) mass is 186 g/mol. The van der Waals surface area contributed by atoms with Gasteiger partial charge in [-0.25, -0.2) is 0 Å². The third-order valence-corrected chi connectivity index (χ3v) is 0. The van der Waals surface area contributed by atoms with Gasteiger partial charge in [-0.3, -0.25) is 9.11 Å². The van der Waals surface area contributed by atoms with Gasteiger partial charge in [-0.15, -0.1) is 0 Å². The van der Waals surface area contributed by atoms with Crippen molar-refractivity contribution in [1.82, 2.24) is 0 Å². The third-order valence-electron chi connectivity index (χ3n) is 0. The molecule has 0 aliphatic carbocycles. The first-order valence-electron chi connectivity index (χ1n) is 0.698. The van der Waals surface area contributed by atoms with E-state index in [1.54, 1.807) is 0 Å². The summed E-state index contributed by atoms with van der Waals surface area (Å²) in [6.07, 6.45) is 0. The van der Waals surface area contributed by atoms with Gasteiger partial charge in [0.1, 0.15) is 0 Å². The van der Waals surface area contributed by atoms with Crippen molar-refractivity contribution in [2.45, 2.75) is 0 Å². The van der Waals surface area contributed by atoms with Gasteiger partial charge in [-0.05, 0) is 0 Å². The van der Waals surface area contributed by atoms with E-state index in [0.717, 1.165) is 0 Å². The first-order valence-corrected chi connectivity index (χ1v) is 2.10. The molecule has 0 aliphatic heterocycles. The summed E-state index contributed by atoms with van der Waals surface area (Å²) >= 11 is 0. The van der Waals surface area contributed by atoms with Gasteiger partial charge >= 0.3 is 40.0 Å². The van der Waals surface area contributed by atoms with Crippen LogP contribution in [0.1, 0.15) is 0 Å². The molecule has 0 aromatic rings. The number of rotatable bonds is 0. The molecule has 0 amide bonds. The first-order chi connectivity index (χ1) is 2.00. The molecule has 0 radical (unpaired) electrons. The van der Waals surface area contributed by atoms with Crippen molar-refractivity contribution in [2.24, 2.45) is 0 Å². The van der Waals surface area contributed by atoms with Crippen LogP contribution in [0.5, 0.6) is 0 Å². The van der Waals surface area contributed by atoms with E-state index in [-0.39, 0.29) is 49.0 Å². The Bertz CT molecular complexity index is 94.9. The fourth-order valence-corrected chi connectivity index (χ4v) is 0. The summed E-state index contributed by atoms with van der Waals surface area (Å²) in [5.74, 6) is 0. The minimum Gasteiger partial charge on any atom is 0 e. The number of hydrogen-bond donors (Lipinski definition) is 2. The van der Waals surface area contributed by atoms with Gasteiger partial charge in [-0.2, -0.15) is 8.42 Å². The topological polar surface area (TPSA) is 74.6 Å². The third kappa shape index (κ3) is 101. The van der Waals surface area contributed by atoms with Crippen molar-refractivity contribution in [3.05, 3.63) is 0 Å². The maximum Gasteiger partial charge on any atom is 0 e. The van der Waals surface area contributed by atoms with Crippen LogP contribution in [0.4, 0.5) is 0 Å². The molecule has 2 N–H and O–H groups in total. The maximum absolute atomic E-state index is 8.74. The van der Waals surface area contributed by atoms with Crippen LogP contribution in [0.3, 0.4) is 0 Å². The predicted molar refractivity (Wildman–Crippen MR) is 21.3 cm³/mol. The summed E-state index contributed by atoms with van der Waals surface area (Å²) in [6, 6.07) is 0. The van der Waals surface area contributed by atoms with Crippen LogP contribution in [-0.4, -0.2) is 47.1 Å². The van der Waals surface area contributed by atoms with Crippen LogP contribution < -0.4 is 0 Å². The summed E-state index contributed by atoms with van der Waals surface area (Å²) < 4.78 is 31.6. The van der Waals surface area contributed by atoms with Crippen LogP contribution in [-0.2, 0) is 29.9 Å². The van der Waals surface area contributed by atoms with Crippen LogP contribution in [0, 0.1) is 0 Å². The Balaban J connectivity index is -0.0000000800. The minimum atomic E-state index is -4.67. The largest absolute Gasteiger partial charge is 0 e. The zero-order chi connectivity index (χ0) is 4.50. The molecule has 7 heteroatoms. The van der Waals surface area contributed by atoms with E-state index >= 15 is 0 Å². The summed E-state index contributed by atoms with van der Waals surface area (Å²) in [6.45, 7) is 0. The molecule has 0 heterocycles. The molecule has 0 bridgehead atoms. The second-order valence-corrected chi connectivity index (χ2v) is 1.34. The van der Waals surface area contributed by atoms with Crippen molar-refractivity contribution in [2.75, 3.05) is 0 Å². The molecule has 0 unspecified atom stereocenters. The van der Waals surface area contributed by atoms with Gasteiger partial charge in [0.15, 0.2) is 0 Å². The smallest absolute Gasteiger partial charge is 0 e. The molecule has 36 valence electrons. The molecular weight excluding hydrogens is 184 g/mol. The summed E-state index contributed by atoms with van der Waals surface area (Å²) in [7, 11) is -4.67. The van der Waals surface area contributed by atoms with E-state index in [4.69, 9.17) is 17.5 Å². The van der Waals surface area contributed by atoms with Gasteiger partial charge in [0, 0.05) is 19.5 Å². The van der Waals surface area contributed by atoms with Crippen molar-refractivity contribution in [1.29, 1.82) is 0 Å². The van der Waals surface area contributed by atoms with Gasteiger partial charge < -0.3 is 0 Å². The van der Waals surface area contributed by atoms with E-state index in [0.29, 0.717) is 0 Å². The molecule has 0 saturated heterocycles. The minimum absolute atomic E-state index is 0. The Kier molecular flexibility index (Phi) is 12.7. The normalized spacial score (nSPS) is 8.29. The van der Waals surface area contributed by atoms with E-state index in [9.17, 15) is 0 Å². The standard InChI is InChI=1S/Na.H2O4S.Zn.H/c;1-5(2,3)4;;/h;(H2,1,2,3,4);;. The average Bonchev–Trinajstić information content (AvgIpc) is 0.722. The van der Waals surface area contributed by atoms with Gasteiger partial charge in [0.2, 0.25) is 0 Å². The first kappa shape index (κ1) is 15.8. The van der Waals surface area contributed by atoms with E-state index in [2.05, 4.69) is 0 Å².